The molecule has 8 heteroatoms. The number of carbonyl (C=O) groups excluding carboxylic acids is 3. The van der Waals surface area contributed by atoms with Gasteiger partial charge in [-0.05, 0) is 41.6 Å². The predicted octanol–water partition coefficient (Wildman–Crippen LogP) is 4.48. The zero-order valence-corrected chi connectivity index (χ0v) is 19.2. The van der Waals surface area contributed by atoms with Crippen LogP contribution in [0.25, 0.3) is 0 Å². The normalized spacial score (nSPS) is 17.9. The molecule has 0 saturated carbocycles. The van der Waals surface area contributed by atoms with Gasteiger partial charge in [-0.15, -0.1) is 0 Å². The molecule has 0 radical (unpaired) electrons. The van der Waals surface area contributed by atoms with E-state index in [4.69, 9.17) is 4.74 Å². The van der Waals surface area contributed by atoms with E-state index in [-0.39, 0.29) is 30.2 Å². The van der Waals surface area contributed by atoms with Gasteiger partial charge in [0.25, 0.3) is 17.1 Å². The highest BCUT2D eigenvalue weighted by molar-refractivity contribution is 8.15. The average molecular weight is 474 g/mol. The van der Waals surface area contributed by atoms with Gasteiger partial charge in [-0.3, -0.25) is 19.3 Å². The fraction of sp³-hybridized carbons (Fsp3) is 0.192. The van der Waals surface area contributed by atoms with E-state index < -0.39 is 5.44 Å². The monoisotopic (exact) mass is 473 g/mol. The van der Waals surface area contributed by atoms with Gasteiger partial charge in [0.15, 0.2) is 5.44 Å². The first-order valence-electron chi connectivity index (χ1n) is 11.0. The molecular weight excluding hydrogens is 450 g/mol. The Morgan fingerprint density at radius 1 is 0.853 bits per heavy atom. The number of fused-ring (bicyclic) bond motifs is 1. The van der Waals surface area contributed by atoms with E-state index in [0.717, 1.165) is 28.7 Å². The molecule has 172 valence electrons. The van der Waals surface area contributed by atoms with Crippen LogP contribution in [0, 0.1) is 0 Å². The zero-order chi connectivity index (χ0) is 23.5. The van der Waals surface area contributed by atoms with E-state index in [0.29, 0.717) is 18.8 Å². The lowest BCUT2D eigenvalue weighted by atomic mass is 10.1. The standard InChI is InChI=1S/C26H23N3O4S/c30-23-21-13-7-8-14-22(21)29(20-11-5-2-6-12-20)18-27(23)15-16-33-25-24(31)28(26(32)34-25)17-19-9-3-1-4-10-19/h1-14,25H,15-18H2. The third-order valence-corrected chi connectivity index (χ3v) is 6.78. The number of imide groups is 1. The number of rotatable bonds is 7. The van der Waals surface area contributed by atoms with E-state index >= 15 is 0 Å². The van der Waals surface area contributed by atoms with Crippen LogP contribution in [0.15, 0.2) is 84.9 Å². The predicted molar refractivity (Wildman–Crippen MR) is 131 cm³/mol. The second kappa shape index (κ2) is 9.70. The van der Waals surface area contributed by atoms with Gasteiger partial charge in [-0.2, -0.15) is 0 Å². The average Bonchev–Trinajstić information content (AvgIpc) is 3.14. The highest BCUT2D eigenvalue weighted by Gasteiger charge is 2.40. The van der Waals surface area contributed by atoms with E-state index in [2.05, 4.69) is 4.90 Å². The number of hydrogen-bond donors (Lipinski definition) is 0. The van der Waals surface area contributed by atoms with Crippen LogP contribution in [-0.2, 0) is 16.1 Å². The number of benzene rings is 3. The molecule has 1 saturated heterocycles. The fourth-order valence-electron chi connectivity index (χ4n) is 4.08. The molecule has 5 rings (SSSR count). The van der Waals surface area contributed by atoms with Gasteiger partial charge >= 0.3 is 0 Å². The highest BCUT2D eigenvalue weighted by atomic mass is 32.2. The Morgan fingerprint density at radius 2 is 1.53 bits per heavy atom. The number of ether oxygens (including phenoxy) is 1. The Labute approximate surface area is 201 Å². The van der Waals surface area contributed by atoms with Crippen LogP contribution in [0.5, 0.6) is 0 Å². The third-order valence-electron chi connectivity index (χ3n) is 5.80. The quantitative estimate of drug-likeness (QED) is 0.504. The van der Waals surface area contributed by atoms with Gasteiger partial charge in [0.05, 0.1) is 31.1 Å². The number of nitrogens with zero attached hydrogens (tertiary/aromatic N) is 3. The number of anilines is 2. The molecule has 3 aromatic carbocycles. The zero-order valence-electron chi connectivity index (χ0n) is 18.4. The molecule has 0 spiro atoms. The molecule has 2 heterocycles. The summed E-state index contributed by atoms with van der Waals surface area (Å²) < 4.78 is 5.77. The van der Waals surface area contributed by atoms with Crippen molar-refractivity contribution in [1.82, 2.24) is 9.80 Å². The van der Waals surface area contributed by atoms with Crippen molar-refractivity contribution >= 4 is 40.2 Å². The summed E-state index contributed by atoms with van der Waals surface area (Å²) in [6, 6.07) is 26.8. The Morgan fingerprint density at radius 3 is 2.29 bits per heavy atom. The van der Waals surface area contributed by atoms with Crippen molar-refractivity contribution in [1.29, 1.82) is 0 Å². The fourth-order valence-corrected chi connectivity index (χ4v) is 4.94. The summed E-state index contributed by atoms with van der Waals surface area (Å²) >= 11 is 0.876. The maximum atomic E-state index is 13.1. The first-order valence-corrected chi connectivity index (χ1v) is 11.9. The third kappa shape index (κ3) is 4.42. The second-order valence-corrected chi connectivity index (χ2v) is 9.00. The molecule has 1 atom stereocenters. The lowest BCUT2D eigenvalue weighted by Crippen LogP contribution is -2.46. The van der Waals surface area contributed by atoms with Crippen LogP contribution in [0.4, 0.5) is 16.2 Å². The van der Waals surface area contributed by atoms with Crippen molar-refractivity contribution in [2.45, 2.75) is 12.0 Å². The van der Waals surface area contributed by atoms with E-state index in [1.165, 1.54) is 4.90 Å². The van der Waals surface area contributed by atoms with Crippen LogP contribution in [-0.4, -0.2) is 52.1 Å². The minimum atomic E-state index is -0.895. The number of carbonyl (C=O) groups is 3. The molecule has 0 aromatic heterocycles. The molecule has 0 aliphatic carbocycles. The largest absolute Gasteiger partial charge is 0.355 e. The SMILES string of the molecule is O=C1c2ccccc2N(c2ccccc2)CN1CCOC1SC(=O)N(Cc2ccccc2)C1=O. The van der Waals surface area contributed by atoms with Crippen LogP contribution in [0.2, 0.25) is 0 Å². The maximum absolute atomic E-state index is 13.1. The number of amides is 3. The smallest absolute Gasteiger partial charge is 0.291 e. The molecule has 2 aliphatic rings. The number of thioether (sulfide) groups is 1. The molecule has 1 unspecified atom stereocenters. The van der Waals surface area contributed by atoms with E-state index in [1.807, 2.05) is 84.9 Å². The summed E-state index contributed by atoms with van der Waals surface area (Å²) in [6.45, 7) is 1.03. The van der Waals surface area contributed by atoms with E-state index in [1.54, 1.807) is 4.90 Å². The van der Waals surface area contributed by atoms with Gasteiger partial charge in [0.1, 0.15) is 0 Å². The maximum Gasteiger partial charge on any atom is 0.291 e. The lowest BCUT2D eigenvalue weighted by Gasteiger charge is -2.38. The van der Waals surface area contributed by atoms with Crippen molar-refractivity contribution in [3.8, 4) is 0 Å². The molecule has 0 bridgehead atoms. The van der Waals surface area contributed by atoms with Crippen LogP contribution >= 0.6 is 11.8 Å². The van der Waals surface area contributed by atoms with Crippen LogP contribution < -0.4 is 4.90 Å². The summed E-state index contributed by atoms with van der Waals surface area (Å²) in [4.78, 5) is 43.2. The summed E-state index contributed by atoms with van der Waals surface area (Å²) in [6.07, 6.45) is 0. The van der Waals surface area contributed by atoms with Crippen LogP contribution in [0.3, 0.4) is 0 Å². The minimum absolute atomic E-state index is 0.0847. The lowest BCUT2D eigenvalue weighted by molar-refractivity contribution is -0.134. The first-order chi connectivity index (χ1) is 16.6. The Balaban J connectivity index is 1.23. The second-order valence-electron chi connectivity index (χ2n) is 7.99. The van der Waals surface area contributed by atoms with Gasteiger partial charge in [0.2, 0.25) is 0 Å². The molecule has 34 heavy (non-hydrogen) atoms. The Bertz CT molecular complexity index is 1200. The van der Waals surface area contributed by atoms with Gasteiger partial charge in [-0.25, -0.2) is 0 Å². The molecule has 7 nitrogen and oxygen atoms in total. The van der Waals surface area contributed by atoms with Crippen molar-refractivity contribution in [2.75, 3.05) is 24.7 Å². The summed E-state index contributed by atoms with van der Waals surface area (Å²) in [5.74, 6) is -0.446. The van der Waals surface area contributed by atoms with Crippen molar-refractivity contribution in [3.05, 3.63) is 96.1 Å². The molecule has 1 fully saturated rings. The summed E-state index contributed by atoms with van der Waals surface area (Å²) in [5, 5.41) is -0.322. The molecule has 3 aromatic rings. The molecule has 0 N–H and O–H groups in total. The van der Waals surface area contributed by atoms with Gasteiger partial charge < -0.3 is 14.5 Å². The highest BCUT2D eigenvalue weighted by Crippen LogP contribution is 2.33. The van der Waals surface area contributed by atoms with Gasteiger partial charge in [0, 0.05) is 12.2 Å². The van der Waals surface area contributed by atoms with Crippen molar-refractivity contribution in [2.24, 2.45) is 0 Å². The summed E-state index contributed by atoms with van der Waals surface area (Å²) in [7, 11) is 0. The molecule has 3 amide bonds. The van der Waals surface area contributed by atoms with Crippen molar-refractivity contribution < 1.29 is 19.1 Å². The van der Waals surface area contributed by atoms with Crippen molar-refractivity contribution in [3.63, 3.8) is 0 Å². The van der Waals surface area contributed by atoms with Crippen LogP contribution in [0.1, 0.15) is 15.9 Å². The number of para-hydroxylation sites is 2. The van der Waals surface area contributed by atoms with Gasteiger partial charge in [-0.1, -0.05) is 60.7 Å². The number of hydrogen-bond acceptors (Lipinski definition) is 6. The Kier molecular flexibility index (Phi) is 6.33. The summed E-state index contributed by atoms with van der Waals surface area (Å²) in [5.41, 5.74) is 2.45. The molecule has 2 aliphatic heterocycles. The minimum Gasteiger partial charge on any atom is -0.355 e. The van der Waals surface area contributed by atoms with E-state index in [9.17, 15) is 14.4 Å². The first kappa shape index (κ1) is 22.2. The Hall–Kier alpha value is -3.62. The molecular formula is C26H23N3O4S. The topological polar surface area (TPSA) is 70.2 Å².